The molecule has 2 N–H and O–H groups in total. The fraction of sp³-hybridized carbons (Fsp3) is 0.125. The van der Waals surface area contributed by atoms with E-state index in [0.717, 1.165) is 16.9 Å². The van der Waals surface area contributed by atoms with Crippen molar-refractivity contribution in [2.75, 3.05) is 7.11 Å². The molecule has 0 saturated carbocycles. The maximum absolute atomic E-state index is 12.8. The smallest absolute Gasteiger partial charge is 0.304 e. The van der Waals surface area contributed by atoms with Gasteiger partial charge in [-0.2, -0.15) is 0 Å². The number of nitrogens with one attached hydrogen (secondary N) is 2. The molecule has 0 unspecified atom stereocenters. The second kappa shape index (κ2) is 8.61. The van der Waals surface area contributed by atoms with E-state index in [9.17, 15) is 9.59 Å². The Morgan fingerprint density at radius 1 is 0.967 bits per heavy atom. The molecule has 150 valence electrons. The second-order valence-electron chi connectivity index (χ2n) is 6.96. The molecule has 6 nitrogen and oxygen atoms in total. The SMILES string of the molecule is COc1ccc(/C=[N+]2\NC(=O)[C@H](NC(=O)c3ccccc3)[C@@H]2c2ccccc2)cc1. The number of hydrogen-bond donors (Lipinski definition) is 2. The maximum Gasteiger partial charge on any atom is 0.304 e. The Kier molecular flexibility index (Phi) is 5.57. The first kappa shape index (κ1) is 19.4. The molecular weight excluding hydrogens is 378 g/mol. The zero-order valence-electron chi connectivity index (χ0n) is 16.5. The van der Waals surface area contributed by atoms with Gasteiger partial charge in [0.05, 0.1) is 7.11 Å². The van der Waals surface area contributed by atoms with E-state index in [-0.39, 0.29) is 11.8 Å². The number of hydrogen-bond acceptors (Lipinski definition) is 3. The number of carbonyl (C=O) groups is 2. The number of nitrogens with zero attached hydrogens (tertiary/aromatic N) is 1. The van der Waals surface area contributed by atoms with Crippen molar-refractivity contribution in [3.63, 3.8) is 0 Å². The summed E-state index contributed by atoms with van der Waals surface area (Å²) in [5.74, 6) is 0.200. The summed E-state index contributed by atoms with van der Waals surface area (Å²) in [7, 11) is 1.62. The van der Waals surface area contributed by atoms with Crippen molar-refractivity contribution in [2.45, 2.75) is 12.1 Å². The summed E-state index contributed by atoms with van der Waals surface area (Å²) >= 11 is 0. The van der Waals surface area contributed by atoms with Gasteiger partial charge >= 0.3 is 5.91 Å². The van der Waals surface area contributed by atoms with Crippen LogP contribution >= 0.6 is 0 Å². The van der Waals surface area contributed by atoms with Crippen molar-refractivity contribution < 1.29 is 19.0 Å². The average Bonchev–Trinajstić information content (AvgIpc) is 3.09. The Morgan fingerprint density at radius 2 is 1.60 bits per heavy atom. The van der Waals surface area contributed by atoms with E-state index >= 15 is 0 Å². The summed E-state index contributed by atoms with van der Waals surface area (Å²) in [6.45, 7) is 0. The first-order valence-corrected chi connectivity index (χ1v) is 9.64. The average molecular weight is 400 g/mol. The first-order chi connectivity index (χ1) is 14.7. The maximum atomic E-state index is 12.8. The van der Waals surface area contributed by atoms with Gasteiger partial charge in [-0.1, -0.05) is 48.5 Å². The van der Waals surface area contributed by atoms with Crippen LogP contribution in [0, 0.1) is 0 Å². The largest absolute Gasteiger partial charge is 0.497 e. The molecule has 0 aromatic heterocycles. The molecule has 0 bridgehead atoms. The van der Waals surface area contributed by atoms with Crippen LogP contribution in [0.2, 0.25) is 0 Å². The van der Waals surface area contributed by atoms with Crippen LogP contribution in [0.25, 0.3) is 0 Å². The summed E-state index contributed by atoms with van der Waals surface area (Å²) in [5, 5.41) is 2.89. The predicted octanol–water partition coefficient (Wildman–Crippen LogP) is 2.71. The molecule has 30 heavy (non-hydrogen) atoms. The lowest BCUT2D eigenvalue weighted by molar-refractivity contribution is -0.596. The molecule has 1 saturated heterocycles. The Balaban J connectivity index is 1.68. The zero-order chi connectivity index (χ0) is 20.9. The van der Waals surface area contributed by atoms with Gasteiger partial charge in [0.1, 0.15) is 5.75 Å². The van der Waals surface area contributed by atoms with Crippen molar-refractivity contribution in [1.82, 2.24) is 10.7 Å². The van der Waals surface area contributed by atoms with Gasteiger partial charge in [-0.3, -0.25) is 9.59 Å². The number of rotatable bonds is 5. The molecule has 2 amide bonds. The van der Waals surface area contributed by atoms with Gasteiger partial charge in [0, 0.05) is 16.7 Å². The summed E-state index contributed by atoms with van der Waals surface area (Å²) in [6.07, 6.45) is 1.85. The topological polar surface area (TPSA) is 70.4 Å². The van der Waals surface area contributed by atoms with E-state index in [0.29, 0.717) is 5.56 Å². The summed E-state index contributed by atoms with van der Waals surface area (Å²) < 4.78 is 6.95. The highest BCUT2D eigenvalue weighted by Gasteiger charge is 2.47. The molecule has 3 aromatic carbocycles. The van der Waals surface area contributed by atoms with Gasteiger partial charge in [0.2, 0.25) is 12.3 Å². The van der Waals surface area contributed by atoms with E-state index in [1.165, 1.54) is 0 Å². The molecule has 1 heterocycles. The number of ether oxygens (including phenoxy) is 1. The van der Waals surface area contributed by atoms with Crippen LogP contribution in [0.1, 0.15) is 27.5 Å². The van der Waals surface area contributed by atoms with Crippen LogP contribution in [0.4, 0.5) is 0 Å². The van der Waals surface area contributed by atoms with Crippen LogP contribution in [0.5, 0.6) is 5.75 Å². The molecule has 0 spiro atoms. The van der Waals surface area contributed by atoms with E-state index in [4.69, 9.17) is 4.74 Å². The highest BCUT2D eigenvalue weighted by molar-refractivity contribution is 5.98. The summed E-state index contributed by atoms with van der Waals surface area (Å²) in [4.78, 5) is 25.5. The van der Waals surface area contributed by atoms with Crippen molar-refractivity contribution in [3.05, 3.63) is 102 Å². The summed E-state index contributed by atoms with van der Waals surface area (Å²) in [6, 6.07) is 24.9. The molecule has 2 atom stereocenters. The lowest BCUT2D eigenvalue weighted by atomic mass is 10.00. The zero-order valence-corrected chi connectivity index (χ0v) is 16.5. The van der Waals surface area contributed by atoms with Crippen molar-refractivity contribution >= 4 is 18.0 Å². The van der Waals surface area contributed by atoms with Crippen LogP contribution in [-0.4, -0.2) is 35.9 Å². The van der Waals surface area contributed by atoms with Crippen LogP contribution in [0.15, 0.2) is 84.9 Å². The minimum atomic E-state index is -0.741. The van der Waals surface area contributed by atoms with Crippen molar-refractivity contribution in [2.24, 2.45) is 0 Å². The molecular formula is C24H22N3O3+. The fourth-order valence-corrected chi connectivity index (χ4v) is 3.50. The fourth-order valence-electron chi connectivity index (χ4n) is 3.50. The molecule has 1 fully saturated rings. The number of benzene rings is 3. The third-order valence-corrected chi connectivity index (χ3v) is 5.00. The van der Waals surface area contributed by atoms with Gasteiger partial charge < -0.3 is 10.1 Å². The normalized spacial score (nSPS) is 19.4. The van der Waals surface area contributed by atoms with E-state index in [2.05, 4.69) is 10.7 Å². The number of methoxy groups -OCH3 is 1. The molecule has 0 radical (unpaired) electrons. The Morgan fingerprint density at radius 3 is 2.23 bits per heavy atom. The molecule has 1 aliphatic rings. The van der Waals surface area contributed by atoms with Crippen molar-refractivity contribution in [3.8, 4) is 5.75 Å². The lowest BCUT2D eigenvalue weighted by Crippen LogP contribution is -2.42. The number of hydrazone groups is 1. The monoisotopic (exact) mass is 400 g/mol. The van der Waals surface area contributed by atoms with Gasteiger partial charge in [0.25, 0.3) is 5.91 Å². The van der Waals surface area contributed by atoms with Gasteiger partial charge in [0.15, 0.2) is 6.04 Å². The van der Waals surface area contributed by atoms with E-state index in [1.807, 2.05) is 66.9 Å². The van der Waals surface area contributed by atoms with Crippen LogP contribution in [0.3, 0.4) is 0 Å². The number of amides is 2. The minimum Gasteiger partial charge on any atom is -0.497 e. The van der Waals surface area contributed by atoms with Gasteiger partial charge in [-0.25, -0.2) is 0 Å². The standard InChI is InChI=1S/C24H21N3O3/c1-30-20-14-12-17(13-15-20)16-27-22(18-8-4-2-5-9-18)21(24(29)26-27)25-23(28)19-10-6-3-7-11-19/h2-16,21-22H,1H3,(H-,25,26,28,29)/p+1/b27-16-/t21-,22+/m1/s1. The Hall–Kier alpha value is -3.93. The van der Waals surface area contributed by atoms with E-state index in [1.54, 1.807) is 36.1 Å². The summed E-state index contributed by atoms with van der Waals surface area (Å²) in [5.41, 5.74) is 5.20. The highest BCUT2D eigenvalue weighted by atomic mass is 16.5. The molecule has 0 aliphatic carbocycles. The molecule has 6 heteroatoms. The third kappa shape index (κ3) is 4.07. The lowest BCUT2D eigenvalue weighted by Gasteiger charge is -2.14. The number of carbonyl (C=O) groups excluding carboxylic acids is 2. The van der Waals surface area contributed by atoms with Crippen LogP contribution in [-0.2, 0) is 4.79 Å². The first-order valence-electron chi connectivity index (χ1n) is 9.64. The quantitative estimate of drug-likeness (QED) is 0.647. The Labute approximate surface area is 174 Å². The van der Waals surface area contributed by atoms with Gasteiger partial charge in [-0.05, 0) is 36.4 Å². The van der Waals surface area contributed by atoms with Gasteiger partial charge in [-0.15, -0.1) is 10.1 Å². The molecule has 3 aromatic rings. The van der Waals surface area contributed by atoms with Crippen LogP contribution < -0.4 is 15.5 Å². The Bertz CT molecular complexity index is 1060. The van der Waals surface area contributed by atoms with E-state index < -0.39 is 12.1 Å². The highest BCUT2D eigenvalue weighted by Crippen LogP contribution is 2.25. The van der Waals surface area contributed by atoms with Crippen molar-refractivity contribution in [1.29, 1.82) is 0 Å². The molecule has 4 rings (SSSR count). The number of hydrazine groups is 1. The second-order valence-corrected chi connectivity index (χ2v) is 6.96. The predicted molar refractivity (Wildman–Crippen MR) is 113 cm³/mol. The third-order valence-electron chi connectivity index (χ3n) is 5.00. The minimum absolute atomic E-state index is 0.266. The molecule has 1 aliphatic heterocycles.